The van der Waals surface area contributed by atoms with Crippen LogP contribution >= 0.6 is 35.7 Å². The molecule has 0 atom stereocenters. The number of guanidine groups is 1. The summed E-state index contributed by atoms with van der Waals surface area (Å²) < 4.78 is 0. The predicted octanol–water partition coefficient (Wildman–Crippen LogP) is 4.34. The first-order chi connectivity index (χ1) is 12.2. The van der Waals surface area contributed by atoms with E-state index in [0.717, 1.165) is 38.7 Å². The van der Waals surface area contributed by atoms with Gasteiger partial charge in [-0.1, -0.05) is 38.1 Å². The number of halogens is 1. The number of unbranched alkanes of at least 4 members (excludes halogenated alkanes) is 1. The molecule has 1 aromatic carbocycles. The third-order valence-electron chi connectivity index (χ3n) is 4.16. The number of rotatable bonds is 12. The van der Waals surface area contributed by atoms with Gasteiger partial charge in [0.1, 0.15) is 0 Å². The molecule has 0 spiro atoms. The molecule has 0 radical (unpaired) electrons. The van der Waals surface area contributed by atoms with Crippen molar-refractivity contribution >= 4 is 41.7 Å². The maximum absolute atomic E-state index is 4.70. The van der Waals surface area contributed by atoms with Gasteiger partial charge in [0.25, 0.3) is 0 Å². The molecule has 0 aliphatic rings. The molecule has 6 heteroatoms. The van der Waals surface area contributed by atoms with E-state index in [9.17, 15) is 0 Å². The van der Waals surface area contributed by atoms with Crippen molar-refractivity contribution in [2.75, 3.05) is 38.2 Å². The molecule has 0 saturated carbocycles. The molecule has 0 aliphatic heterocycles. The molecule has 1 aromatic rings. The molecular weight excluding hydrogens is 455 g/mol. The smallest absolute Gasteiger partial charge is 0.191 e. The molecule has 4 nitrogen and oxygen atoms in total. The lowest BCUT2D eigenvalue weighted by Crippen LogP contribution is -2.37. The van der Waals surface area contributed by atoms with E-state index in [1.165, 1.54) is 29.7 Å². The zero-order valence-corrected chi connectivity index (χ0v) is 20.0. The quantitative estimate of drug-likeness (QED) is 0.197. The summed E-state index contributed by atoms with van der Waals surface area (Å²) in [6.07, 6.45) is 4.60. The first-order valence-electron chi connectivity index (χ1n) is 9.54. The minimum absolute atomic E-state index is 0. The number of hydrogen-bond donors (Lipinski definition) is 2. The molecule has 0 heterocycles. The van der Waals surface area contributed by atoms with Crippen LogP contribution in [0.4, 0.5) is 0 Å². The van der Waals surface area contributed by atoms with Crippen molar-refractivity contribution in [1.29, 1.82) is 0 Å². The van der Waals surface area contributed by atoms with Crippen molar-refractivity contribution < 1.29 is 0 Å². The van der Waals surface area contributed by atoms with Gasteiger partial charge in [0.05, 0.1) is 6.54 Å². The fourth-order valence-electron chi connectivity index (χ4n) is 2.55. The number of aliphatic imine (C=N–C) groups is 1. The van der Waals surface area contributed by atoms with Gasteiger partial charge in [-0.15, -0.1) is 24.0 Å². The van der Waals surface area contributed by atoms with Crippen LogP contribution in [-0.4, -0.2) is 49.0 Å². The van der Waals surface area contributed by atoms with Gasteiger partial charge in [0, 0.05) is 19.6 Å². The summed E-state index contributed by atoms with van der Waals surface area (Å²) in [5, 5.41) is 6.75. The van der Waals surface area contributed by atoms with Crippen molar-refractivity contribution in [2.45, 2.75) is 46.7 Å². The van der Waals surface area contributed by atoms with Gasteiger partial charge in [0.15, 0.2) is 5.96 Å². The highest BCUT2D eigenvalue weighted by atomic mass is 127. The van der Waals surface area contributed by atoms with Crippen LogP contribution in [0.5, 0.6) is 0 Å². The molecule has 0 aromatic heterocycles. The summed E-state index contributed by atoms with van der Waals surface area (Å²) in [6, 6.07) is 8.85. The fraction of sp³-hybridized carbons (Fsp3) is 0.650. The molecule has 1 rings (SSSR count). The molecule has 0 unspecified atom stereocenters. The number of benzene rings is 1. The number of hydrogen-bond acceptors (Lipinski definition) is 3. The van der Waals surface area contributed by atoms with E-state index < -0.39 is 0 Å². The van der Waals surface area contributed by atoms with E-state index in [0.29, 0.717) is 6.54 Å². The number of nitrogens with zero attached hydrogens (tertiary/aromatic N) is 2. The summed E-state index contributed by atoms with van der Waals surface area (Å²) in [5.74, 6) is 2.15. The van der Waals surface area contributed by atoms with Gasteiger partial charge in [-0.3, -0.25) is 4.90 Å². The second-order valence-electron chi connectivity index (χ2n) is 6.10. The Labute approximate surface area is 182 Å². The topological polar surface area (TPSA) is 39.7 Å². The van der Waals surface area contributed by atoms with Crippen molar-refractivity contribution in [3.8, 4) is 0 Å². The lowest BCUT2D eigenvalue weighted by molar-refractivity contribution is 0.296. The highest BCUT2D eigenvalue weighted by Crippen LogP contribution is 2.08. The van der Waals surface area contributed by atoms with Gasteiger partial charge < -0.3 is 10.6 Å². The van der Waals surface area contributed by atoms with Crippen LogP contribution < -0.4 is 10.6 Å². The Balaban J connectivity index is 0.00000625. The molecule has 0 aliphatic carbocycles. The van der Waals surface area contributed by atoms with Crippen LogP contribution in [-0.2, 0) is 13.1 Å². The Morgan fingerprint density at radius 1 is 1.00 bits per heavy atom. The minimum atomic E-state index is 0. The first-order valence-corrected chi connectivity index (χ1v) is 10.9. The monoisotopic (exact) mass is 492 g/mol. The summed E-state index contributed by atoms with van der Waals surface area (Å²) in [7, 11) is 0. The number of nitrogens with one attached hydrogen (secondary N) is 2. The van der Waals surface area contributed by atoms with Crippen molar-refractivity contribution in [1.82, 2.24) is 15.5 Å². The molecule has 0 fully saturated rings. The summed E-state index contributed by atoms with van der Waals surface area (Å²) >= 11 is 1.91. The van der Waals surface area contributed by atoms with Crippen LogP contribution in [0.2, 0.25) is 0 Å². The third-order valence-corrected chi connectivity index (χ3v) is 4.85. The zero-order chi connectivity index (χ0) is 18.3. The van der Waals surface area contributed by atoms with E-state index >= 15 is 0 Å². The van der Waals surface area contributed by atoms with E-state index in [-0.39, 0.29) is 24.0 Å². The Morgan fingerprint density at radius 3 is 2.23 bits per heavy atom. The highest BCUT2D eigenvalue weighted by Gasteiger charge is 2.02. The second-order valence-corrected chi connectivity index (χ2v) is 7.09. The van der Waals surface area contributed by atoms with Crippen LogP contribution in [0, 0.1) is 0 Å². The fourth-order valence-corrected chi connectivity index (χ4v) is 3.04. The Bertz CT molecular complexity index is 475. The van der Waals surface area contributed by atoms with Gasteiger partial charge in [-0.25, -0.2) is 4.99 Å². The van der Waals surface area contributed by atoms with E-state index in [1.54, 1.807) is 0 Å². The maximum Gasteiger partial charge on any atom is 0.191 e. The van der Waals surface area contributed by atoms with Crippen LogP contribution in [0.25, 0.3) is 0 Å². The molecule has 150 valence electrons. The first kappa shape index (κ1) is 25.5. The summed E-state index contributed by atoms with van der Waals surface area (Å²) in [4.78, 5) is 7.13. The number of thioether (sulfide) groups is 1. The maximum atomic E-state index is 4.70. The molecular formula is C20H37IN4S. The van der Waals surface area contributed by atoms with Gasteiger partial charge in [0.2, 0.25) is 0 Å². The van der Waals surface area contributed by atoms with Crippen molar-refractivity contribution in [2.24, 2.45) is 4.99 Å². The van der Waals surface area contributed by atoms with E-state index in [4.69, 9.17) is 4.99 Å². The van der Waals surface area contributed by atoms with Gasteiger partial charge >= 0.3 is 0 Å². The van der Waals surface area contributed by atoms with E-state index in [1.807, 2.05) is 11.8 Å². The summed E-state index contributed by atoms with van der Waals surface area (Å²) in [5.41, 5.74) is 2.62. The molecule has 0 saturated heterocycles. The lowest BCUT2D eigenvalue weighted by Gasteiger charge is -2.18. The second kappa shape index (κ2) is 16.7. The SMILES string of the molecule is CCNC(=NCc1ccc(CN(CC)CC)cc1)NCCCCSC.I. The molecule has 0 bridgehead atoms. The Hall–Kier alpha value is -0.470. The van der Waals surface area contributed by atoms with Crippen LogP contribution in [0.3, 0.4) is 0 Å². The average Bonchev–Trinajstić information content (AvgIpc) is 2.64. The van der Waals surface area contributed by atoms with Crippen molar-refractivity contribution in [3.63, 3.8) is 0 Å². The summed E-state index contributed by atoms with van der Waals surface area (Å²) in [6.45, 7) is 12.3. The normalized spacial score (nSPS) is 11.3. The predicted molar refractivity (Wildman–Crippen MR) is 129 cm³/mol. The Kier molecular flexibility index (Phi) is 16.4. The third kappa shape index (κ3) is 11.3. The van der Waals surface area contributed by atoms with Gasteiger partial charge in [-0.05, 0) is 56.0 Å². The van der Waals surface area contributed by atoms with Gasteiger partial charge in [-0.2, -0.15) is 11.8 Å². The Morgan fingerprint density at radius 2 is 1.65 bits per heavy atom. The molecule has 26 heavy (non-hydrogen) atoms. The highest BCUT2D eigenvalue weighted by molar-refractivity contribution is 14.0. The van der Waals surface area contributed by atoms with Crippen LogP contribution in [0.1, 0.15) is 44.7 Å². The van der Waals surface area contributed by atoms with Crippen molar-refractivity contribution in [3.05, 3.63) is 35.4 Å². The van der Waals surface area contributed by atoms with Crippen LogP contribution in [0.15, 0.2) is 29.3 Å². The lowest BCUT2D eigenvalue weighted by atomic mass is 10.1. The largest absolute Gasteiger partial charge is 0.357 e. The van der Waals surface area contributed by atoms with E-state index in [2.05, 4.69) is 66.8 Å². The zero-order valence-electron chi connectivity index (χ0n) is 16.9. The average molecular weight is 493 g/mol. The molecule has 2 N–H and O–H groups in total. The standard InChI is InChI=1S/C20H36N4S.HI/c1-5-21-20(22-14-8-9-15-25-4)23-16-18-10-12-19(13-11-18)17-24(6-2)7-3;/h10-13H,5-9,14-17H2,1-4H3,(H2,21,22,23);1H. The minimum Gasteiger partial charge on any atom is -0.357 e. The molecule has 0 amide bonds.